The number of carboxylic acids is 1. The summed E-state index contributed by atoms with van der Waals surface area (Å²) in [6.07, 6.45) is 0. The number of carboxylic acid groups (broad SMARTS) is 1. The van der Waals surface area contributed by atoms with Gasteiger partial charge in [-0.3, -0.25) is 4.79 Å². The van der Waals surface area contributed by atoms with Gasteiger partial charge in [-0.1, -0.05) is 6.07 Å². The second kappa shape index (κ2) is 7.74. The number of amides is 1. The van der Waals surface area contributed by atoms with E-state index in [1.807, 2.05) is 0 Å². The summed E-state index contributed by atoms with van der Waals surface area (Å²) in [4.78, 5) is 23.5. The molecule has 0 saturated heterocycles. The zero-order valence-corrected chi connectivity index (χ0v) is 14.4. The lowest BCUT2D eigenvalue weighted by atomic mass is 10.1. The van der Waals surface area contributed by atoms with Gasteiger partial charge in [0.2, 0.25) is 0 Å². The van der Waals surface area contributed by atoms with Crippen LogP contribution in [0.5, 0.6) is 5.75 Å². The molecular formula is C20H16FNO5. The van der Waals surface area contributed by atoms with Crippen LogP contribution in [0, 0.1) is 5.82 Å². The highest BCUT2D eigenvalue weighted by atomic mass is 19.1. The van der Waals surface area contributed by atoms with E-state index in [4.69, 9.17) is 9.15 Å². The largest absolute Gasteiger partial charge is 0.496 e. The van der Waals surface area contributed by atoms with Gasteiger partial charge in [-0.15, -0.1) is 0 Å². The first kappa shape index (κ1) is 18.2. The number of methoxy groups -OCH3 is 1. The number of rotatable bonds is 6. The van der Waals surface area contributed by atoms with Crippen LogP contribution < -0.4 is 10.1 Å². The van der Waals surface area contributed by atoms with Crippen LogP contribution in [0.2, 0.25) is 0 Å². The summed E-state index contributed by atoms with van der Waals surface area (Å²) in [5, 5.41) is 11.9. The van der Waals surface area contributed by atoms with E-state index in [2.05, 4.69) is 5.32 Å². The molecule has 2 N–H and O–H groups in total. The highest BCUT2D eigenvalue weighted by molar-refractivity contribution is 5.92. The topological polar surface area (TPSA) is 88.8 Å². The highest BCUT2D eigenvalue weighted by Gasteiger charge is 2.14. The fourth-order valence-corrected chi connectivity index (χ4v) is 2.53. The fourth-order valence-electron chi connectivity index (χ4n) is 2.53. The highest BCUT2D eigenvalue weighted by Crippen LogP contribution is 2.23. The first-order chi connectivity index (χ1) is 13.0. The van der Waals surface area contributed by atoms with Crippen LogP contribution in [0.4, 0.5) is 4.39 Å². The predicted octanol–water partition coefficient (Wildman–Crippen LogP) is 3.72. The van der Waals surface area contributed by atoms with Crippen molar-refractivity contribution in [2.45, 2.75) is 6.54 Å². The van der Waals surface area contributed by atoms with Crippen molar-refractivity contribution in [1.82, 2.24) is 5.32 Å². The number of nitrogens with one attached hydrogen (secondary N) is 1. The molecule has 0 fully saturated rings. The Morgan fingerprint density at radius 3 is 2.52 bits per heavy atom. The minimum atomic E-state index is -1.12. The molecule has 3 aromatic rings. The second-order valence-corrected chi connectivity index (χ2v) is 5.69. The average molecular weight is 369 g/mol. The summed E-state index contributed by atoms with van der Waals surface area (Å²) < 4.78 is 23.5. The molecule has 7 heteroatoms. The van der Waals surface area contributed by atoms with Crippen molar-refractivity contribution in [3.8, 4) is 17.1 Å². The normalized spacial score (nSPS) is 10.4. The molecule has 1 heterocycles. The summed E-state index contributed by atoms with van der Waals surface area (Å²) in [5.74, 6) is -1.14. The number of carbonyl (C=O) groups is 2. The van der Waals surface area contributed by atoms with Crippen LogP contribution >= 0.6 is 0 Å². The number of ether oxygens (including phenoxy) is 1. The summed E-state index contributed by atoms with van der Waals surface area (Å²) in [7, 11) is 1.39. The third-order valence-corrected chi connectivity index (χ3v) is 3.91. The Morgan fingerprint density at radius 1 is 1.11 bits per heavy atom. The maximum atomic E-state index is 13.0. The Kier molecular flexibility index (Phi) is 5.21. The minimum Gasteiger partial charge on any atom is -0.496 e. The Balaban J connectivity index is 1.69. The molecule has 1 aromatic heterocycles. The quantitative estimate of drug-likeness (QED) is 0.691. The zero-order chi connectivity index (χ0) is 19.4. The van der Waals surface area contributed by atoms with E-state index in [0.29, 0.717) is 16.9 Å². The van der Waals surface area contributed by atoms with Gasteiger partial charge in [0.1, 0.15) is 22.9 Å². The predicted molar refractivity (Wildman–Crippen MR) is 95.2 cm³/mol. The Labute approximate surface area is 154 Å². The lowest BCUT2D eigenvalue weighted by molar-refractivity contribution is 0.0693. The third kappa shape index (κ3) is 4.14. The van der Waals surface area contributed by atoms with E-state index >= 15 is 0 Å². The summed E-state index contributed by atoms with van der Waals surface area (Å²) in [6.45, 7) is 0.121. The lowest BCUT2D eigenvalue weighted by Gasteiger charge is -2.08. The molecule has 0 unspecified atom stereocenters. The van der Waals surface area contributed by atoms with Crippen LogP contribution in [0.3, 0.4) is 0 Å². The van der Waals surface area contributed by atoms with E-state index in [1.165, 1.54) is 37.4 Å². The van der Waals surface area contributed by atoms with Crippen molar-refractivity contribution in [2.75, 3.05) is 7.11 Å². The second-order valence-electron chi connectivity index (χ2n) is 5.69. The molecule has 0 aliphatic rings. The van der Waals surface area contributed by atoms with Gasteiger partial charge in [-0.05, 0) is 54.1 Å². The monoisotopic (exact) mass is 369 g/mol. The van der Waals surface area contributed by atoms with Crippen molar-refractivity contribution < 1.29 is 28.2 Å². The van der Waals surface area contributed by atoms with Gasteiger partial charge in [0.15, 0.2) is 5.76 Å². The summed E-state index contributed by atoms with van der Waals surface area (Å²) in [5.41, 5.74) is 1.27. The summed E-state index contributed by atoms with van der Waals surface area (Å²) >= 11 is 0. The van der Waals surface area contributed by atoms with Crippen LogP contribution in [0.1, 0.15) is 26.5 Å². The number of benzene rings is 2. The molecule has 3 rings (SSSR count). The van der Waals surface area contributed by atoms with Gasteiger partial charge >= 0.3 is 5.97 Å². The van der Waals surface area contributed by atoms with Gasteiger partial charge in [-0.2, -0.15) is 0 Å². The van der Waals surface area contributed by atoms with E-state index in [1.54, 1.807) is 24.3 Å². The molecule has 6 nitrogen and oxygen atoms in total. The van der Waals surface area contributed by atoms with Gasteiger partial charge in [0, 0.05) is 12.1 Å². The number of hydrogen-bond donors (Lipinski definition) is 2. The lowest BCUT2D eigenvalue weighted by Crippen LogP contribution is -2.22. The number of furan rings is 1. The van der Waals surface area contributed by atoms with Crippen LogP contribution in [0.25, 0.3) is 11.3 Å². The van der Waals surface area contributed by atoms with Gasteiger partial charge in [0.05, 0.1) is 7.11 Å². The molecule has 0 spiro atoms. The van der Waals surface area contributed by atoms with Gasteiger partial charge in [0.25, 0.3) is 5.91 Å². The number of aromatic carboxylic acids is 1. The van der Waals surface area contributed by atoms with Crippen LogP contribution in [-0.2, 0) is 6.54 Å². The van der Waals surface area contributed by atoms with Gasteiger partial charge < -0.3 is 19.6 Å². The van der Waals surface area contributed by atoms with Crippen molar-refractivity contribution in [3.05, 3.63) is 77.3 Å². The zero-order valence-electron chi connectivity index (χ0n) is 14.4. The van der Waals surface area contributed by atoms with Crippen molar-refractivity contribution in [3.63, 3.8) is 0 Å². The molecule has 0 aliphatic carbocycles. The molecule has 27 heavy (non-hydrogen) atoms. The average Bonchev–Trinajstić information content (AvgIpc) is 3.16. The smallest absolute Gasteiger partial charge is 0.339 e. The molecule has 0 radical (unpaired) electrons. The van der Waals surface area contributed by atoms with Crippen LogP contribution in [0.15, 0.2) is 59.0 Å². The Hall–Kier alpha value is -3.61. The van der Waals surface area contributed by atoms with Gasteiger partial charge in [-0.25, -0.2) is 9.18 Å². The van der Waals surface area contributed by atoms with E-state index in [-0.39, 0.29) is 29.4 Å². The SMILES string of the molecule is COc1ccc(CNC(=O)c2ccc(-c3ccc(F)cc3)o2)cc1C(=O)O. The van der Waals surface area contributed by atoms with E-state index in [0.717, 1.165) is 0 Å². The number of carbonyl (C=O) groups excluding carboxylic acids is 1. The Morgan fingerprint density at radius 2 is 1.85 bits per heavy atom. The molecule has 138 valence electrons. The summed E-state index contributed by atoms with van der Waals surface area (Å²) in [6, 6.07) is 13.5. The third-order valence-electron chi connectivity index (χ3n) is 3.91. The van der Waals surface area contributed by atoms with E-state index < -0.39 is 11.9 Å². The maximum Gasteiger partial charge on any atom is 0.339 e. The number of halogens is 1. The molecule has 0 bridgehead atoms. The standard InChI is InChI=1S/C20H16FNO5/c1-26-17-7-2-12(10-15(17)20(24)25)11-22-19(23)18-9-8-16(27-18)13-3-5-14(21)6-4-13/h2-10H,11H2,1H3,(H,22,23)(H,24,25). The molecule has 0 aliphatic heterocycles. The molecule has 0 atom stereocenters. The molecule has 1 amide bonds. The fraction of sp³-hybridized carbons (Fsp3) is 0.100. The van der Waals surface area contributed by atoms with Crippen molar-refractivity contribution in [1.29, 1.82) is 0 Å². The molecule has 2 aromatic carbocycles. The van der Waals surface area contributed by atoms with E-state index in [9.17, 15) is 19.1 Å². The minimum absolute atomic E-state index is 0.0147. The molecule has 0 saturated carbocycles. The van der Waals surface area contributed by atoms with Crippen molar-refractivity contribution >= 4 is 11.9 Å². The van der Waals surface area contributed by atoms with Crippen molar-refractivity contribution in [2.24, 2.45) is 0 Å². The first-order valence-corrected chi connectivity index (χ1v) is 8.02. The maximum absolute atomic E-state index is 13.0. The molecular weight excluding hydrogens is 353 g/mol. The number of hydrogen-bond acceptors (Lipinski definition) is 4. The Bertz CT molecular complexity index is 978. The van der Waals surface area contributed by atoms with Crippen LogP contribution in [-0.4, -0.2) is 24.1 Å². The first-order valence-electron chi connectivity index (χ1n) is 8.02.